The maximum absolute atomic E-state index is 12.3. The van der Waals surface area contributed by atoms with Crippen molar-refractivity contribution < 1.29 is 19.4 Å². The van der Waals surface area contributed by atoms with Gasteiger partial charge in [0.05, 0.1) is 13.0 Å². The van der Waals surface area contributed by atoms with Crippen LogP contribution in [0.3, 0.4) is 0 Å². The molecule has 0 fully saturated rings. The lowest BCUT2D eigenvalue weighted by atomic mass is 9.96. The fourth-order valence-corrected chi connectivity index (χ4v) is 2.39. The quantitative estimate of drug-likeness (QED) is 0.921. The third-order valence-electron chi connectivity index (χ3n) is 3.69. The summed E-state index contributed by atoms with van der Waals surface area (Å²) in [5.41, 5.74) is 0.861. The van der Waals surface area contributed by atoms with E-state index in [9.17, 15) is 9.59 Å². The first-order valence-corrected chi connectivity index (χ1v) is 6.97. The van der Waals surface area contributed by atoms with E-state index in [1.807, 2.05) is 36.4 Å². The molecular weight excluding hydrogens is 282 g/mol. The monoisotopic (exact) mass is 301 g/mol. The van der Waals surface area contributed by atoms with E-state index in [0.717, 1.165) is 22.1 Å². The maximum atomic E-state index is 12.3. The highest BCUT2D eigenvalue weighted by Crippen LogP contribution is 2.25. The summed E-state index contributed by atoms with van der Waals surface area (Å²) in [6.07, 6.45) is 0. The summed E-state index contributed by atoms with van der Waals surface area (Å²) in [5.74, 6) is -0.842. The van der Waals surface area contributed by atoms with Crippen LogP contribution in [0.2, 0.25) is 0 Å². The van der Waals surface area contributed by atoms with Gasteiger partial charge >= 0.3 is 5.97 Å². The Morgan fingerprint density at radius 3 is 2.45 bits per heavy atom. The van der Waals surface area contributed by atoms with Crippen LogP contribution >= 0.6 is 0 Å². The van der Waals surface area contributed by atoms with E-state index in [4.69, 9.17) is 9.84 Å². The molecule has 0 bridgehead atoms. The van der Waals surface area contributed by atoms with Crippen LogP contribution < -0.4 is 4.74 Å². The molecule has 5 heteroatoms. The van der Waals surface area contributed by atoms with Gasteiger partial charge in [0.2, 0.25) is 5.91 Å². The molecule has 0 heterocycles. The predicted octanol–water partition coefficient (Wildman–Crippen LogP) is 2.49. The maximum Gasteiger partial charge on any atom is 0.323 e. The molecule has 0 saturated carbocycles. The summed E-state index contributed by atoms with van der Waals surface area (Å²) >= 11 is 0. The van der Waals surface area contributed by atoms with Crippen molar-refractivity contribution in [1.82, 2.24) is 4.90 Å². The summed E-state index contributed by atoms with van der Waals surface area (Å²) in [6.45, 7) is 1.49. The van der Waals surface area contributed by atoms with Crippen molar-refractivity contribution in [3.05, 3.63) is 42.0 Å². The van der Waals surface area contributed by atoms with E-state index in [0.29, 0.717) is 0 Å². The van der Waals surface area contributed by atoms with Gasteiger partial charge in [-0.3, -0.25) is 9.59 Å². The van der Waals surface area contributed by atoms with Gasteiger partial charge in [-0.15, -0.1) is 0 Å². The number of hydrogen-bond acceptors (Lipinski definition) is 3. The molecule has 2 aromatic carbocycles. The van der Waals surface area contributed by atoms with Crippen molar-refractivity contribution in [1.29, 1.82) is 0 Å². The number of methoxy groups -OCH3 is 1. The Morgan fingerprint density at radius 2 is 1.82 bits per heavy atom. The molecule has 1 amide bonds. The normalized spacial score (nSPS) is 12.0. The Bertz CT molecular complexity index is 711. The van der Waals surface area contributed by atoms with Gasteiger partial charge in [-0.25, -0.2) is 0 Å². The number of carbonyl (C=O) groups excluding carboxylic acids is 1. The topological polar surface area (TPSA) is 66.8 Å². The van der Waals surface area contributed by atoms with Crippen molar-refractivity contribution in [2.75, 3.05) is 20.7 Å². The first-order valence-electron chi connectivity index (χ1n) is 6.97. The highest BCUT2D eigenvalue weighted by Gasteiger charge is 2.21. The molecular formula is C17H19NO4. The molecule has 0 aliphatic carbocycles. The van der Waals surface area contributed by atoms with Crippen LogP contribution in [-0.4, -0.2) is 42.6 Å². The van der Waals surface area contributed by atoms with Gasteiger partial charge in [0, 0.05) is 7.05 Å². The molecule has 0 spiro atoms. The van der Waals surface area contributed by atoms with Crippen LogP contribution in [0, 0.1) is 0 Å². The average Bonchev–Trinajstić information content (AvgIpc) is 2.51. The van der Waals surface area contributed by atoms with Crippen LogP contribution in [0.15, 0.2) is 36.4 Å². The number of carbonyl (C=O) groups is 2. The summed E-state index contributed by atoms with van der Waals surface area (Å²) < 4.78 is 5.19. The van der Waals surface area contributed by atoms with Crippen LogP contribution in [0.25, 0.3) is 10.8 Å². The number of amides is 1. The van der Waals surface area contributed by atoms with E-state index < -0.39 is 11.9 Å². The molecule has 5 nitrogen and oxygen atoms in total. The third kappa shape index (κ3) is 3.36. The molecule has 2 aromatic rings. The lowest BCUT2D eigenvalue weighted by Crippen LogP contribution is -2.34. The van der Waals surface area contributed by atoms with Gasteiger partial charge < -0.3 is 14.7 Å². The SMILES string of the molecule is COc1ccc2cc(C(C)C(=O)N(C)CC(=O)O)ccc2c1. The number of carboxylic acids is 1. The van der Waals surface area contributed by atoms with E-state index in [1.54, 1.807) is 14.0 Å². The largest absolute Gasteiger partial charge is 0.497 e. The lowest BCUT2D eigenvalue weighted by Gasteiger charge is -2.20. The standard InChI is InChI=1S/C17H19NO4/c1-11(17(21)18(2)10-16(19)20)12-4-5-14-9-15(22-3)7-6-13(14)8-12/h4-9,11H,10H2,1-3H3,(H,19,20). The molecule has 1 unspecified atom stereocenters. The molecule has 0 radical (unpaired) electrons. The number of likely N-dealkylation sites (N-methyl/N-ethyl adjacent to an activating group) is 1. The summed E-state index contributed by atoms with van der Waals surface area (Å²) in [4.78, 5) is 24.2. The van der Waals surface area contributed by atoms with Gasteiger partial charge in [-0.05, 0) is 35.4 Å². The minimum Gasteiger partial charge on any atom is -0.497 e. The Hall–Kier alpha value is -2.56. The number of fused-ring (bicyclic) bond motifs is 1. The second-order valence-corrected chi connectivity index (χ2v) is 5.28. The second-order valence-electron chi connectivity index (χ2n) is 5.28. The number of ether oxygens (including phenoxy) is 1. The molecule has 0 aliphatic heterocycles. The lowest BCUT2D eigenvalue weighted by molar-refractivity contribution is -0.143. The fourth-order valence-electron chi connectivity index (χ4n) is 2.39. The Morgan fingerprint density at radius 1 is 1.18 bits per heavy atom. The van der Waals surface area contributed by atoms with Crippen molar-refractivity contribution in [3.63, 3.8) is 0 Å². The molecule has 2 rings (SSSR count). The van der Waals surface area contributed by atoms with Gasteiger partial charge in [0.25, 0.3) is 0 Å². The van der Waals surface area contributed by atoms with E-state index in [2.05, 4.69) is 0 Å². The average molecular weight is 301 g/mol. The minimum atomic E-state index is -1.02. The first-order chi connectivity index (χ1) is 10.4. The van der Waals surface area contributed by atoms with Crippen LogP contribution in [0.5, 0.6) is 5.75 Å². The van der Waals surface area contributed by atoms with Crippen molar-refractivity contribution in [2.45, 2.75) is 12.8 Å². The Balaban J connectivity index is 2.26. The van der Waals surface area contributed by atoms with Gasteiger partial charge in [0.1, 0.15) is 12.3 Å². The van der Waals surface area contributed by atoms with Crippen LogP contribution in [0.4, 0.5) is 0 Å². The number of rotatable bonds is 5. The minimum absolute atomic E-state index is 0.213. The third-order valence-corrected chi connectivity index (χ3v) is 3.69. The predicted molar refractivity (Wildman–Crippen MR) is 84.2 cm³/mol. The summed E-state index contributed by atoms with van der Waals surface area (Å²) in [5, 5.41) is 10.8. The smallest absolute Gasteiger partial charge is 0.323 e. The number of carboxylic acid groups (broad SMARTS) is 1. The van der Waals surface area contributed by atoms with Gasteiger partial charge in [-0.2, -0.15) is 0 Å². The van der Waals surface area contributed by atoms with E-state index in [1.165, 1.54) is 11.9 Å². The first kappa shape index (κ1) is 15.8. The zero-order valence-electron chi connectivity index (χ0n) is 12.9. The zero-order valence-corrected chi connectivity index (χ0v) is 12.9. The van der Waals surface area contributed by atoms with Crippen molar-refractivity contribution >= 4 is 22.6 Å². The molecule has 22 heavy (non-hydrogen) atoms. The van der Waals surface area contributed by atoms with Crippen LogP contribution in [0.1, 0.15) is 18.4 Å². The molecule has 1 N–H and O–H groups in total. The van der Waals surface area contributed by atoms with Crippen LogP contribution in [-0.2, 0) is 9.59 Å². The second kappa shape index (κ2) is 6.47. The zero-order chi connectivity index (χ0) is 16.3. The Kier molecular flexibility index (Phi) is 4.65. The number of aliphatic carboxylic acids is 1. The van der Waals surface area contributed by atoms with Gasteiger partial charge in [0.15, 0.2) is 0 Å². The van der Waals surface area contributed by atoms with Gasteiger partial charge in [-0.1, -0.05) is 24.3 Å². The summed E-state index contributed by atoms with van der Waals surface area (Å²) in [7, 11) is 3.12. The van der Waals surface area contributed by atoms with Crippen molar-refractivity contribution in [2.24, 2.45) is 0 Å². The van der Waals surface area contributed by atoms with E-state index in [-0.39, 0.29) is 12.5 Å². The number of nitrogens with zero attached hydrogens (tertiary/aromatic N) is 1. The molecule has 0 aromatic heterocycles. The molecule has 0 aliphatic rings. The fraction of sp³-hybridized carbons (Fsp3) is 0.294. The highest BCUT2D eigenvalue weighted by atomic mass is 16.5. The number of benzene rings is 2. The molecule has 116 valence electrons. The summed E-state index contributed by atoms with van der Waals surface area (Å²) in [6, 6.07) is 11.5. The van der Waals surface area contributed by atoms with Crippen molar-refractivity contribution in [3.8, 4) is 5.75 Å². The highest BCUT2D eigenvalue weighted by molar-refractivity contribution is 5.89. The van der Waals surface area contributed by atoms with E-state index >= 15 is 0 Å². The molecule has 0 saturated heterocycles. The molecule has 1 atom stereocenters. The Labute approximate surface area is 129 Å². The number of hydrogen-bond donors (Lipinski definition) is 1.